The van der Waals surface area contributed by atoms with Crippen molar-refractivity contribution in [1.82, 2.24) is 15.5 Å². The summed E-state index contributed by atoms with van der Waals surface area (Å²) in [6, 6.07) is 10.4. The lowest BCUT2D eigenvalue weighted by Gasteiger charge is -2.27. The van der Waals surface area contributed by atoms with Crippen molar-refractivity contribution in [1.29, 1.82) is 10.8 Å². The third kappa shape index (κ3) is 8.40. The number of amidine groups is 2. The molecular weight excluding hydrogens is 742 g/mol. The van der Waals surface area contributed by atoms with Crippen LogP contribution in [0, 0.1) is 24.7 Å². The SMILES string of the molecule is CC(=N)N1C(=N)[C@H](CC(=O)NCCCCCCCCOc2cccc3c2C(=O)N(C2CCC(=O)NC2=O)C3=O)N=C(c2ccc(Cl)cc2)c2c1sc(C)c2C. The van der Waals surface area contributed by atoms with Crippen LogP contribution in [-0.2, 0) is 14.4 Å². The number of piperidine rings is 1. The molecule has 3 aliphatic heterocycles. The summed E-state index contributed by atoms with van der Waals surface area (Å²) in [5.41, 5.74) is 3.73. The van der Waals surface area contributed by atoms with E-state index < -0.39 is 35.7 Å². The number of ether oxygens (including phenoxy) is 1. The highest BCUT2D eigenvalue weighted by Crippen LogP contribution is 2.40. The number of unbranched alkanes of at least 4 members (excludes halogenated alkanes) is 5. The third-order valence-corrected chi connectivity index (χ3v) is 11.5. The number of aryl methyl sites for hydroxylation is 1. The van der Waals surface area contributed by atoms with Crippen molar-refractivity contribution >= 4 is 74.9 Å². The van der Waals surface area contributed by atoms with E-state index in [2.05, 4.69) is 10.6 Å². The number of benzene rings is 2. The molecule has 13 nitrogen and oxygen atoms in total. The van der Waals surface area contributed by atoms with Gasteiger partial charge in [-0.1, -0.05) is 55.5 Å². The first-order valence-electron chi connectivity index (χ1n) is 18.5. The summed E-state index contributed by atoms with van der Waals surface area (Å²) < 4.78 is 5.93. The molecule has 1 unspecified atom stereocenters. The Morgan fingerprint density at radius 3 is 2.42 bits per heavy atom. The average Bonchev–Trinajstić information content (AvgIpc) is 3.53. The summed E-state index contributed by atoms with van der Waals surface area (Å²) in [4.78, 5) is 72.0. The number of nitrogens with one attached hydrogen (secondary N) is 4. The lowest BCUT2D eigenvalue weighted by atomic mass is 9.99. The Hall–Kier alpha value is -5.21. The first-order chi connectivity index (χ1) is 26.4. The molecule has 288 valence electrons. The molecule has 3 aliphatic rings. The van der Waals surface area contributed by atoms with E-state index in [4.69, 9.17) is 32.1 Å². The van der Waals surface area contributed by atoms with Crippen LogP contribution in [0.3, 0.4) is 0 Å². The van der Waals surface area contributed by atoms with Crippen molar-refractivity contribution in [2.24, 2.45) is 4.99 Å². The van der Waals surface area contributed by atoms with Crippen molar-refractivity contribution < 1.29 is 28.7 Å². The van der Waals surface area contributed by atoms with Gasteiger partial charge in [-0.3, -0.25) is 54.9 Å². The maximum atomic E-state index is 13.3. The molecule has 15 heteroatoms. The van der Waals surface area contributed by atoms with Gasteiger partial charge >= 0.3 is 0 Å². The molecule has 4 N–H and O–H groups in total. The summed E-state index contributed by atoms with van der Waals surface area (Å²) in [5.74, 6) is -1.87. The van der Waals surface area contributed by atoms with Crippen molar-refractivity contribution in [3.05, 3.63) is 80.2 Å². The van der Waals surface area contributed by atoms with E-state index in [1.165, 1.54) is 11.3 Å². The predicted molar refractivity (Wildman–Crippen MR) is 212 cm³/mol. The molecule has 0 spiro atoms. The number of imide groups is 2. The van der Waals surface area contributed by atoms with Crippen LogP contribution >= 0.6 is 22.9 Å². The van der Waals surface area contributed by atoms with Gasteiger partial charge in [0.15, 0.2) is 0 Å². The minimum absolute atomic E-state index is 0.0218. The molecule has 0 aliphatic carbocycles. The highest BCUT2D eigenvalue weighted by Gasteiger charge is 2.46. The first kappa shape index (κ1) is 39.5. The molecule has 55 heavy (non-hydrogen) atoms. The number of anilines is 1. The van der Waals surface area contributed by atoms with E-state index in [0.29, 0.717) is 29.6 Å². The maximum absolute atomic E-state index is 13.3. The van der Waals surface area contributed by atoms with E-state index in [0.717, 1.165) is 70.0 Å². The minimum atomic E-state index is -1.03. The topological polar surface area (TPSA) is 185 Å². The number of thiophene rings is 1. The van der Waals surface area contributed by atoms with Crippen molar-refractivity contribution in [3.63, 3.8) is 0 Å². The lowest BCUT2D eigenvalue weighted by Crippen LogP contribution is -2.54. The smallest absolute Gasteiger partial charge is 0.266 e. The highest BCUT2D eigenvalue weighted by atomic mass is 35.5. The van der Waals surface area contributed by atoms with Gasteiger partial charge in [-0.15, -0.1) is 11.3 Å². The van der Waals surface area contributed by atoms with E-state index >= 15 is 0 Å². The van der Waals surface area contributed by atoms with Crippen molar-refractivity contribution in [2.75, 3.05) is 18.1 Å². The molecule has 6 rings (SSSR count). The van der Waals surface area contributed by atoms with Gasteiger partial charge in [-0.05, 0) is 69.9 Å². The molecule has 3 aromatic rings. The van der Waals surface area contributed by atoms with Gasteiger partial charge in [0.1, 0.15) is 34.5 Å². The van der Waals surface area contributed by atoms with Crippen molar-refractivity contribution in [2.45, 2.75) is 90.6 Å². The zero-order valence-electron chi connectivity index (χ0n) is 31.1. The summed E-state index contributed by atoms with van der Waals surface area (Å²) >= 11 is 7.70. The molecule has 0 radical (unpaired) electrons. The average molecular weight is 786 g/mol. The van der Waals surface area contributed by atoms with Gasteiger partial charge in [-0.2, -0.15) is 0 Å². The standard InChI is InChI=1S/C40H44ClN7O6S/c1-22-23(2)55-40-33(22)35(25-13-15-26(41)16-14-25)45-28(36(43)47(40)24(3)42)21-32(50)44-19-8-6-4-5-7-9-20-54-30-12-10-11-27-34(30)39(53)48(38(27)52)29-17-18-31(49)46-37(29)51/h10-16,28-29,42-43H,4-9,17-21H2,1-3H3,(H,44,50)(H,46,49,51)/t28-,29?/m0/s1. The van der Waals surface area contributed by atoms with E-state index in [9.17, 15) is 24.0 Å². The number of carbonyl (C=O) groups is 5. The van der Waals surface area contributed by atoms with E-state index in [1.54, 1.807) is 42.2 Å². The zero-order chi connectivity index (χ0) is 39.4. The van der Waals surface area contributed by atoms with Gasteiger partial charge in [-0.25, -0.2) is 0 Å². The van der Waals surface area contributed by atoms with Crippen LogP contribution < -0.4 is 20.3 Å². The van der Waals surface area contributed by atoms with Crippen LogP contribution in [0.2, 0.25) is 5.02 Å². The van der Waals surface area contributed by atoms with Gasteiger partial charge in [0.05, 0.1) is 29.9 Å². The molecule has 2 aromatic carbocycles. The fourth-order valence-corrected chi connectivity index (χ4v) is 8.43. The van der Waals surface area contributed by atoms with Crippen LogP contribution in [0.15, 0.2) is 47.5 Å². The number of hydrogen-bond acceptors (Lipinski definition) is 10. The Morgan fingerprint density at radius 1 is 1.00 bits per heavy atom. The van der Waals surface area contributed by atoms with Crippen molar-refractivity contribution in [3.8, 4) is 5.75 Å². The molecule has 4 heterocycles. The maximum Gasteiger partial charge on any atom is 0.266 e. The van der Waals surface area contributed by atoms with Gasteiger partial charge in [0.2, 0.25) is 17.7 Å². The number of aliphatic imine (C=N–C) groups is 1. The Labute approximate surface area is 328 Å². The summed E-state index contributed by atoms with van der Waals surface area (Å²) in [7, 11) is 0. The molecule has 0 bridgehead atoms. The fraction of sp³-hybridized carbons (Fsp3) is 0.400. The van der Waals surface area contributed by atoms with Crippen LogP contribution in [0.1, 0.15) is 107 Å². The molecule has 2 atom stereocenters. The molecular formula is C40H44ClN7O6S. The predicted octanol–water partition coefficient (Wildman–Crippen LogP) is 6.35. The second-order valence-corrected chi connectivity index (χ2v) is 15.6. The monoisotopic (exact) mass is 785 g/mol. The number of fused-ring (bicyclic) bond motifs is 2. The molecule has 1 saturated heterocycles. The van der Waals surface area contributed by atoms with Crippen LogP contribution in [0.4, 0.5) is 5.00 Å². The Kier molecular flexibility index (Phi) is 12.3. The normalized spacial score (nSPS) is 18.1. The number of rotatable bonds is 14. The van der Waals surface area contributed by atoms with Gasteiger partial charge < -0.3 is 10.1 Å². The Morgan fingerprint density at radius 2 is 1.71 bits per heavy atom. The largest absolute Gasteiger partial charge is 0.493 e. The number of carbonyl (C=O) groups excluding carboxylic acids is 5. The van der Waals surface area contributed by atoms with E-state index in [1.807, 2.05) is 26.0 Å². The number of amides is 5. The highest BCUT2D eigenvalue weighted by molar-refractivity contribution is 7.17. The second-order valence-electron chi connectivity index (χ2n) is 13.9. The molecule has 0 saturated carbocycles. The molecule has 5 amide bonds. The first-order valence-corrected chi connectivity index (χ1v) is 19.7. The van der Waals surface area contributed by atoms with Crippen LogP contribution in [0.25, 0.3) is 0 Å². The fourth-order valence-electron chi connectivity index (χ4n) is 7.08. The zero-order valence-corrected chi connectivity index (χ0v) is 32.6. The van der Waals surface area contributed by atoms with Crippen LogP contribution in [0.5, 0.6) is 5.75 Å². The quantitative estimate of drug-likeness (QED) is 0.0635. The Bertz CT molecular complexity index is 2090. The third-order valence-electron chi connectivity index (χ3n) is 10.1. The number of halogens is 1. The lowest BCUT2D eigenvalue weighted by molar-refractivity contribution is -0.136. The Balaban J connectivity index is 0.946. The van der Waals surface area contributed by atoms with Gasteiger partial charge in [0, 0.05) is 34.0 Å². The summed E-state index contributed by atoms with van der Waals surface area (Å²) in [5, 5.41) is 24.2. The van der Waals surface area contributed by atoms with Gasteiger partial charge in [0.25, 0.3) is 11.8 Å². The van der Waals surface area contributed by atoms with E-state index in [-0.39, 0.29) is 48.0 Å². The molecule has 1 aromatic heterocycles. The van der Waals surface area contributed by atoms with Crippen LogP contribution in [-0.4, -0.2) is 77.1 Å². The molecule has 1 fully saturated rings. The second kappa shape index (κ2) is 17.1. The number of hydrogen-bond donors (Lipinski definition) is 4. The summed E-state index contributed by atoms with van der Waals surface area (Å²) in [6.45, 7) is 6.52. The summed E-state index contributed by atoms with van der Waals surface area (Å²) in [6.07, 6.45) is 5.37. The number of nitrogens with zero attached hydrogens (tertiary/aromatic N) is 3. The minimum Gasteiger partial charge on any atom is -0.493 e.